The van der Waals surface area contributed by atoms with Crippen molar-refractivity contribution in [3.8, 4) is 0 Å². The van der Waals surface area contributed by atoms with Gasteiger partial charge in [-0.15, -0.1) is 0 Å². The first-order chi connectivity index (χ1) is 10.2. The maximum atomic E-state index is 5.73. The lowest BCUT2D eigenvalue weighted by atomic mass is 9.99. The Balaban J connectivity index is 1.94. The van der Waals surface area contributed by atoms with Crippen molar-refractivity contribution in [2.45, 2.75) is 57.6 Å². The highest BCUT2D eigenvalue weighted by molar-refractivity contribution is 9.11. The van der Waals surface area contributed by atoms with E-state index >= 15 is 0 Å². The highest BCUT2D eigenvalue weighted by Gasteiger charge is 2.18. The van der Waals surface area contributed by atoms with Gasteiger partial charge in [0.1, 0.15) is 0 Å². The van der Waals surface area contributed by atoms with E-state index in [2.05, 4.69) is 62.3 Å². The molecule has 4 heteroatoms. The second-order valence-electron chi connectivity index (χ2n) is 5.74. The molecular formula is C17H25Br2NO. The normalized spacial score (nSPS) is 19.9. The predicted molar refractivity (Wildman–Crippen MR) is 95.7 cm³/mol. The molecule has 1 aliphatic heterocycles. The van der Waals surface area contributed by atoms with Gasteiger partial charge in [0.25, 0.3) is 0 Å². The van der Waals surface area contributed by atoms with Gasteiger partial charge in [0.2, 0.25) is 0 Å². The van der Waals surface area contributed by atoms with Gasteiger partial charge >= 0.3 is 0 Å². The van der Waals surface area contributed by atoms with Crippen molar-refractivity contribution < 1.29 is 4.74 Å². The summed E-state index contributed by atoms with van der Waals surface area (Å²) < 4.78 is 8.06. The van der Waals surface area contributed by atoms with Gasteiger partial charge in [0.05, 0.1) is 6.10 Å². The lowest BCUT2D eigenvalue weighted by Gasteiger charge is -2.21. The van der Waals surface area contributed by atoms with E-state index in [1.54, 1.807) is 0 Å². The Morgan fingerprint density at radius 3 is 2.95 bits per heavy atom. The van der Waals surface area contributed by atoms with Crippen LogP contribution in [0.5, 0.6) is 0 Å². The van der Waals surface area contributed by atoms with Crippen LogP contribution < -0.4 is 5.32 Å². The van der Waals surface area contributed by atoms with E-state index in [-0.39, 0.29) is 0 Å². The molecule has 1 aromatic rings. The summed E-state index contributed by atoms with van der Waals surface area (Å²) >= 11 is 7.28. The Hall–Kier alpha value is 0.1000. The van der Waals surface area contributed by atoms with Crippen LogP contribution in [0.1, 0.15) is 57.1 Å². The van der Waals surface area contributed by atoms with Crippen LogP contribution >= 0.6 is 31.9 Å². The maximum Gasteiger partial charge on any atom is 0.0576 e. The first kappa shape index (κ1) is 17.5. The van der Waals surface area contributed by atoms with Crippen LogP contribution in [0.25, 0.3) is 0 Å². The van der Waals surface area contributed by atoms with Crippen molar-refractivity contribution in [1.29, 1.82) is 0 Å². The fourth-order valence-electron chi connectivity index (χ4n) is 2.89. The van der Waals surface area contributed by atoms with Crippen molar-refractivity contribution >= 4 is 31.9 Å². The van der Waals surface area contributed by atoms with Crippen LogP contribution in [0.15, 0.2) is 27.1 Å². The molecule has 2 nitrogen and oxygen atoms in total. The molecule has 0 amide bonds. The number of benzene rings is 1. The second kappa shape index (κ2) is 9.29. The van der Waals surface area contributed by atoms with Crippen molar-refractivity contribution in [2.75, 3.05) is 13.2 Å². The predicted octanol–water partition coefficient (Wildman–Crippen LogP) is 5.60. The molecule has 2 atom stereocenters. The van der Waals surface area contributed by atoms with Gasteiger partial charge in [-0.1, -0.05) is 38.8 Å². The third-order valence-electron chi connectivity index (χ3n) is 4.02. The van der Waals surface area contributed by atoms with Gasteiger partial charge in [0.15, 0.2) is 0 Å². The van der Waals surface area contributed by atoms with Crippen LogP contribution in [0.2, 0.25) is 0 Å². The van der Waals surface area contributed by atoms with Crippen molar-refractivity contribution in [2.24, 2.45) is 0 Å². The molecule has 21 heavy (non-hydrogen) atoms. The summed E-state index contributed by atoms with van der Waals surface area (Å²) in [5, 5.41) is 3.69. The van der Waals surface area contributed by atoms with Crippen LogP contribution in [0.3, 0.4) is 0 Å². The molecule has 0 bridgehead atoms. The Kier molecular flexibility index (Phi) is 7.72. The standard InChI is InChI=1S/C17H25Br2NO/c1-2-10-20-17(7-3-5-14-6-4-11-21-14)15-12-13(18)8-9-16(15)19/h8-9,12,14,17,20H,2-7,10-11H2,1H3. The van der Waals surface area contributed by atoms with Crippen LogP contribution in [-0.4, -0.2) is 19.3 Å². The second-order valence-corrected chi connectivity index (χ2v) is 7.51. The zero-order valence-electron chi connectivity index (χ0n) is 12.7. The number of nitrogens with one attached hydrogen (secondary N) is 1. The van der Waals surface area contributed by atoms with Crippen LogP contribution in [-0.2, 0) is 4.74 Å². The molecule has 1 N–H and O–H groups in total. The van der Waals surface area contributed by atoms with Gasteiger partial charge in [-0.3, -0.25) is 0 Å². The average molecular weight is 419 g/mol. The number of hydrogen-bond donors (Lipinski definition) is 1. The van der Waals surface area contributed by atoms with Gasteiger partial charge in [-0.2, -0.15) is 0 Å². The number of halogens is 2. The lowest BCUT2D eigenvalue weighted by Crippen LogP contribution is -2.23. The lowest BCUT2D eigenvalue weighted by molar-refractivity contribution is 0.101. The minimum absolute atomic E-state index is 0.415. The maximum absolute atomic E-state index is 5.73. The molecule has 1 aromatic carbocycles. The number of ether oxygens (including phenoxy) is 1. The van der Waals surface area contributed by atoms with Crippen molar-refractivity contribution in [1.82, 2.24) is 5.32 Å². The van der Waals surface area contributed by atoms with Crippen LogP contribution in [0.4, 0.5) is 0 Å². The number of hydrogen-bond acceptors (Lipinski definition) is 2. The largest absolute Gasteiger partial charge is 0.378 e. The molecular weight excluding hydrogens is 394 g/mol. The van der Waals surface area contributed by atoms with Gasteiger partial charge in [-0.05, 0) is 68.8 Å². The van der Waals surface area contributed by atoms with E-state index in [4.69, 9.17) is 4.74 Å². The Morgan fingerprint density at radius 1 is 1.38 bits per heavy atom. The Morgan fingerprint density at radius 2 is 2.24 bits per heavy atom. The zero-order valence-corrected chi connectivity index (χ0v) is 15.9. The fraction of sp³-hybridized carbons (Fsp3) is 0.647. The minimum atomic E-state index is 0.415. The molecule has 0 aromatic heterocycles. The number of rotatable bonds is 8. The van der Waals surface area contributed by atoms with E-state index < -0.39 is 0 Å². The third kappa shape index (κ3) is 5.66. The molecule has 0 radical (unpaired) electrons. The Labute approximate surface area is 145 Å². The first-order valence-corrected chi connectivity index (χ1v) is 9.59. The smallest absolute Gasteiger partial charge is 0.0576 e. The molecule has 1 aliphatic rings. The Bertz CT molecular complexity index is 433. The molecule has 2 unspecified atom stereocenters. The molecule has 1 heterocycles. The monoisotopic (exact) mass is 417 g/mol. The van der Waals surface area contributed by atoms with Gasteiger partial charge in [-0.25, -0.2) is 0 Å². The SMILES string of the molecule is CCCNC(CCCC1CCCO1)c1cc(Br)ccc1Br. The fourth-order valence-corrected chi connectivity index (χ4v) is 3.79. The first-order valence-electron chi connectivity index (χ1n) is 8.00. The molecule has 0 aliphatic carbocycles. The van der Waals surface area contributed by atoms with Crippen molar-refractivity contribution in [3.05, 3.63) is 32.7 Å². The summed E-state index contributed by atoms with van der Waals surface area (Å²) in [4.78, 5) is 0. The summed E-state index contributed by atoms with van der Waals surface area (Å²) in [5.74, 6) is 0. The van der Waals surface area contributed by atoms with E-state index in [1.165, 1.54) is 35.7 Å². The molecule has 0 spiro atoms. The van der Waals surface area contributed by atoms with Crippen molar-refractivity contribution in [3.63, 3.8) is 0 Å². The molecule has 118 valence electrons. The third-order valence-corrected chi connectivity index (χ3v) is 5.23. The highest BCUT2D eigenvalue weighted by Crippen LogP contribution is 2.30. The molecule has 2 rings (SSSR count). The molecule has 1 fully saturated rings. The topological polar surface area (TPSA) is 21.3 Å². The van der Waals surface area contributed by atoms with E-state index in [9.17, 15) is 0 Å². The van der Waals surface area contributed by atoms with E-state index in [0.29, 0.717) is 12.1 Å². The summed E-state index contributed by atoms with van der Waals surface area (Å²) in [6.07, 6.45) is 7.71. The van der Waals surface area contributed by atoms with E-state index in [0.717, 1.165) is 30.5 Å². The minimum Gasteiger partial charge on any atom is -0.378 e. The van der Waals surface area contributed by atoms with E-state index in [1.807, 2.05) is 0 Å². The zero-order chi connectivity index (χ0) is 15.1. The molecule has 1 saturated heterocycles. The quantitative estimate of drug-likeness (QED) is 0.592. The van der Waals surface area contributed by atoms with Crippen LogP contribution in [0, 0.1) is 0 Å². The van der Waals surface area contributed by atoms with Gasteiger partial charge < -0.3 is 10.1 Å². The summed E-state index contributed by atoms with van der Waals surface area (Å²) in [5.41, 5.74) is 1.35. The highest BCUT2D eigenvalue weighted by atomic mass is 79.9. The summed E-state index contributed by atoms with van der Waals surface area (Å²) in [6.45, 7) is 4.23. The summed E-state index contributed by atoms with van der Waals surface area (Å²) in [6, 6.07) is 6.85. The summed E-state index contributed by atoms with van der Waals surface area (Å²) in [7, 11) is 0. The molecule has 0 saturated carbocycles. The van der Waals surface area contributed by atoms with Gasteiger partial charge in [0, 0.05) is 21.6 Å². The average Bonchev–Trinajstić information content (AvgIpc) is 2.99.